The first-order valence-electron chi connectivity index (χ1n) is 7.23. The molecular weight excluding hydrogens is 230 g/mol. The first-order chi connectivity index (χ1) is 8.74. The highest BCUT2D eigenvalue weighted by Crippen LogP contribution is 2.20. The van der Waals surface area contributed by atoms with Gasteiger partial charge in [0.1, 0.15) is 0 Å². The van der Waals surface area contributed by atoms with Gasteiger partial charge in [-0.25, -0.2) is 0 Å². The van der Waals surface area contributed by atoms with Crippen molar-refractivity contribution in [2.75, 3.05) is 40.0 Å². The molecule has 0 spiro atoms. The van der Waals surface area contributed by atoms with Gasteiger partial charge in [-0.05, 0) is 32.7 Å². The summed E-state index contributed by atoms with van der Waals surface area (Å²) in [4.78, 5) is 2.49. The van der Waals surface area contributed by atoms with Gasteiger partial charge in [0.25, 0.3) is 0 Å². The molecule has 2 atom stereocenters. The van der Waals surface area contributed by atoms with Crippen LogP contribution >= 0.6 is 0 Å². The standard InChI is InChI=1S/C14H29NO3/c1-13(16)12-14-6-4-3-5-7-15(14)8-9-18-11-10-17-2/h13-14,16H,3-12H2,1-2H3. The zero-order valence-electron chi connectivity index (χ0n) is 11.9. The average molecular weight is 259 g/mol. The van der Waals surface area contributed by atoms with E-state index in [1.807, 2.05) is 6.92 Å². The quantitative estimate of drug-likeness (QED) is 0.673. The molecule has 1 fully saturated rings. The summed E-state index contributed by atoms with van der Waals surface area (Å²) in [5, 5.41) is 9.58. The highest BCUT2D eigenvalue weighted by Gasteiger charge is 2.21. The summed E-state index contributed by atoms with van der Waals surface area (Å²) in [6.45, 7) is 6.10. The van der Waals surface area contributed by atoms with Crippen molar-refractivity contribution in [3.05, 3.63) is 0 Å². The Morgan fingerprint density at radius 2 is 2.06 bits per heavy atom. The third kappa shape index (κ3) is 6.69. The summed E-state index contributed by atoms with van der Waals surface area (Å²) in [5.74, 6) is 0. The largest absolute Gasteiger partial charge is 0.393 e. The summed E-state index contributed by atoms with van der Waals surface area (Å²) in [5.41, 5.74) is 0. The lowest BCUT2D eigenvalue weighted by molar-refractivity contribution is 0.0425. The molecule has 18 heavy (non-hydrogen) atoms. The SMILES string of the molecule is COCCOCCN1CCCCCC1CC(C)O. The number of aliphatic hydroxyl groups is 1. The van der Waals surface area contributed by atoms with E-state index in [1.54, 1.807) is 7.11 Å². The van der Waals surface area contributed by atoms with Gasteiger partial charge < -0.3 is 14.6 Å². The van der Waals surface area contributed by atoms with Gasteiger partial charge in [0.15, 0.2) is 0 Å². The number of rotatable bonds is 8. The summed E-state index contributed by atoms with van der Waals surface area (Å²) >= 11 is 0. The van der Waals surface area contributed by atoms with Crippen molar-refractivity contribution in [2.45, 2.75) is 51.2 Å². The van der Waals surface area contributed by atoms with Crippen molar-refractivity contribution in [3.8, 4) is 0 Å². The summed E-state index contributed by atoms with van der Waals surface area (Å²) in [6, 6.07) is 0.526. The highest BCUT2D eigenvalue weighted by molar-refractivity contribution is 4.77. The first-order valence-corrected chi connectivity index (χ1v) is 7.23. The van der Waals surface area contributed by atoms with Crippen LogP contribution in [0.25, 0.3) is 0 Å². The topological polar surface area (TPSA) is 41.9 Å². The zero-order chi connectivity index (χ0) is 13.2. The Kier molecular flexibility index (Phi) is 8.59. The van der Waals surface area contributed by atoms with Crippen LogP contribution in [0, 0.1) is 0 Å². The Morgan fingerprint density at radius 1 is 1.22 bits per heavy atom. The number of aliphatic hydroxyl groups excluding tert-OH is 1. The van der Waals surface area contributed by atoms with E-state index in [0.717, 1.165) is 26.1 Å². The Labute approximate surface area is 111 Å². The van der Waals surface area contributed by atoms with Gasteiger partial charge in [-0.3, -0.25) is 4.90 Å². The summed E-state index contributed by atoms with van der Waals surface area (Å²) < 4.78 is 10.5. The predicted octanol–water partition coefficient (Wildman–Crippen LogP) is 1.66. The van der Waals surface area contributed by atoms with E-state index in [2.05, 4.69) is 4.90 Å². The van der Waals surface area contributed by atoms with Gasteiger partial charge >= 0.3 is 0 Å². The van der Waals surface area contributed by atoms with Gasteiger partial charge in [-0.15, -0.1) is 0 Å². The molecule has 0 aliphatic carbocycles. The molecule has 1 rings (SSSR count). The second-order valence-electron chi connectivity index (χ2n) is 5.23. The molecule has 108 valence electrons. The number of hydrogen-bond acceptors (Lipinski definition) is 4. The van der Waals surface area contributed by atoms with Crippen LogP contribution in [0.5, 0.6) is 0 Å². The molecule has 0 aromatic heterocycles. The lowest BCUT2D eigenvalue weighted by Gasteiger charge is -2.30. The molecule has 0 amide bonds. The Hall–Kier alpha value is -0.160. The Bertz CT molecular complexity index is 199. The van der Waals surface area contributed by atoms with E-state index in [4.69, 9.17) is 9.47 Å². The van der Waals surface area contributed by atoms with Gasteiger partial charge in [0.05, 0.1) is 25.9 Å². The number of ether oxygens (including phenoxy) is 2. The van der Waals surface area contributed by atoms with E-state index in [-0.39, 0.29) is 6.10 Å². The van der Waals surface area contributed by atoms with Crippen molar-refractivity contribution in [1.82, 2.24) is 4.90 Å². The summed E-state index contributed by atoms with van der Waals surface area (Å²) in [7, 11) is 1.69. The third-order valence-electron chi connectivity index (χ3n) is 3.57. The van der Waals surface area contributed by atoms with Gasteiger partial charge in [-0.1, -0.05) is 12.8 Å². The third-order valence-corrected chi connectivity index (χ3v) is 3.57. The maximum Gasteiger partial charge on any atom is 0.0700 e. The smallest absolute Gasteiger partial charge is 0.0700 e. The molecule has 1 heterocycles. The molecule has 0 saturated carbocycles. The Balaban J connectivity index is 2.27. The van der Waals surface area contributed by atoms with E-state index in [1.165, 1.54) is 25.7 Å². The van der Waals surface area contributed by atoms with Gasteiger partial charge in [-0.2, -0.15) is 0 Å². The molecule has 0 radical (unpaired) electrons. The second kappa shape index (κ2) is 9.73. The molecule has 0 aromatic rings. The fourth-order valence-electron chi connectivity index (χ4n) is 2.62. The highest BCUT2D eigenvalue weighted by atomic mass is 16.5. The molecule has 2 unspecified atom stereocenters. The van der Waals surface area contributed by atoms with Crippen LogP contribution in [0.4, 0.5) is 0 Å². The fourth-order valence-corrected chi connectivity index (χ4v) is 2.62. The maximum absolute atomic E-state index is 9.58. The van der Waals surface area contributed by atoms with Crippen LogP contribution in [0.15, 0.2) is 0 Å². The molecule has 4 heteroatoms. The minimum atomic E-state index is -0.204. The van der Waals surface area contributed by atoms with Crippen LogP contribution < -0.4 is 0 Å². The van der Waals surface area contributed by atoms with Crippen LogP contribution in [-0.4, -0.2) is 62.2 Å². The van der Waals surface area contributed by atoms with Gasteiger partial charge in [0, 0.05) is 19.7 Å². The molecule has 0 bridgehead atoms. The van der Waals surface area contributed by atoms with E-state index >= 15 is 0 Å². The first kappa shape index (κ1) is 15.9. The number of methoxy groups -OCH3 is 1. The van der Waals surface area contributed by atoms with Crippen LogP contribution in [-0.2, 0) is 9.47 Å². The van der Waals surface area contributed by atoms with Crippen molar-refractivity contribution in [1.29, 1.82) is 0 Å². The molecule has 4 nitrogen and oxygen atoms in total. The van der Waals surface area contributed by atoms with E-state index in [9.17, 15) is 5.11 Å². The normalized spacial score (nSPS) is 23.8. The number of likely N-dealkylation sites (tertiary alicyclic amines) is 1. The van der Waals surface area contributed by atoms with Crippen molar-refractivity contribution in [2.24, 2.45) is 0 Å². The molecule has 1 saturated heterocycles. The molecular formula is C14H29NO3. The lowest BCUT2D eigenvalue weighted by Crippen LogP contribution is -2.39. The lowest BCUT2D eigenvalue weighted by atomic mass is 10.0. The van der Waals surface area contributed by atoms with Crippen LogP contribution in [0.1, 0.15) is 39.0 Å². The molecule has 1 N–H and O–H groups in total. The molecule has 1 aliphatic rings. The predicted molar refractivity (Wildman–Crippen MR) is 72.8 cm³/mol. The van der Waals surface area contributed by atoms with Crippen LogP contribution in [0.3, 0.4) is 0 Å². The average Bonchev–Trinajstić information content (AvgIpc) is 2.54. The minimum Gasteiger partial charge on any atom is -0.393 e. The van der Waals surface area contributed by atoms with E-state index in [0.29, 0.717) is 19.3 Å². The van der Waals surface area contributed by atoms with Crippen molar-refractivity contribution < 1.29 is 14.6 Å². The van der Waals surface area contributed by atoms with Gasteiger partial charge in [0.2, 0.25) is 0 Å². The minimum absolute atomic E-state index is 0.204. The van der Waals surface area contributed by atoms with Crippen molar-refractivity contribution in [3.63, 3.8) is 0 Å². The van der Waals surface area contributed by atoms with E-state index < -0.39 is 0 Å². The summed E-state index contributed by atoms with van der Waals surface area (Å²) in [6.07, 6.45) is 5.77. The monoisotopic (exact) mass is 259 g/mol. The maximum atomic E-state index is 9.58. The number of nitrogens with zero attached hydrogens (tertiary/aromatic N) is 1. The molecule has 1 aliphatic heterocycles. The second-order valence-corrected chi connectivity index (χ2v) is 5.23. The number of hydrogen-bond donors (Lipinski definition) is 1. The zero-order valence-corrected chi connectivity index (χ0v) is 11.9. The Morgan fingerprint density at radius 3 is 2.78 bits per heavy atom. The van der Waals surface area contributed by atoms with Crippen molar-refractivity contribution >= 4 is 0 Å². The van der Waals surface area contributed by atoms with Crippen LogP contribution in [0.2, 0.25) is 0 Å². The fraction of sp³-hybridized carbons (Fsp3) is 1.00. The molecule has 0 aromatic carbocycles.